The van der Waals surface area contributed by atoms with E-state index in [1.54, 1.807) is 20.3 Å². The Kier molecular flexibility index (Phi) is 7.24. The van der Waals surface area contributed by atoms with Crippen LogP contribution in [0, 0.1) is 5.41 Å². The molecule has 0 aliphatic carbocycles. The van der Waals surface area contributed by atoms with Gasteiger partial charge in [-0.3, -0.25) is 4.79 Å². The van der Waals surface area contributed by atoms with Crippen LogP contribution in [0.15, 0.2) is 66.7 Å². The van der Waals surface area contributed by atoms with Gasteiger partial charge in [0.25, 0.3) is 0 Å². The van der Waals surface area contributed by atoms with Gasteiger partial charge < -0.3 is 25.4 Å². The number of hydrogen-bond donors (Lipinski definition) is 3. The molecule has 0 aliphatic heterocycles. The predicted octanol–water partition coefficient (Wildman–Crippen LogP) is 6.51. The zero-order chi connectivity index (χ0) is 25.7. The van der Waals surface area contributed by atoms with Crippen LogP contribution in [-0.2, 0) is 4.79 Å². The Morgan fingerprint density at radius 3 is 1.89 bits per heavy atom. The molecule has 8 heteroatoms. The zero-order valence-electron chi connectivity index (χ0n) is 21.2. The maximum absolute atomic E-state index is 12.7. The maximum atomic E-state index is 12.7. The average molecular weight is 486 g/mol. The van der Waals surface area contributed by atoms with Crippen molar-refractivity contribution in [3.63, 3.8) is 0 Å². The SMILES string of the molecule is CCC(C)(C)C(=O)Nc1cccc(Nc2nc3ccccc3nc2Nc2cc(OC)cc(OC)c2)c1. The first kappa shape index (κ1) is 24.8. The van der Waals surface area contributed by atoms with Crippen molar-refractivity contribution in [2.45, 2.75) is 27.2 Å². The number of methoxy groups -OCH3 is 2. The predicted molar refractivity (Wildman–Crippen MR) is 145 cm³/mol. The van der Waals surface area contributed by atoms with Gasteiger partial charge >= 0.3 is 0 Å². The molecule has 186 valence electrons. The largest absolute Gasteiger partial charge is 0.497 e. The van der Waals surface area contributed by atoms with E-state index in [4.69, 9.17) is 19.4 Å². The number of aromatic nitrogens is 2. The fraction of sp³-hybridized carbons (Fsp3) is 0.250. The number of hydrogen-bond acceptors (Lipinski definition) is 7. The Morgan fingerprint density at radius 1 is 0.778 bits per heavy atom. The van der Waals surface area contributed by atoms with Crippen molar-refractivity contribution < 1.29 is 14.3 Å². The van der Waals surface area contributed by atoms with Gasteiger partial charge in [-0.05, 0) is 36.8 Å². The van der Waals surface area contributed by atoms with Crippen molar-refractivity contribution in [3.8, 4) is 11.5 Å². The van der Waals surface area contributed by atoms with Gasteiger partial charge in [0.15, 0.2) is 11.6 Å². The minimum absolute atomic E-state index is 0.0259. The molecule has 0 fully saturated rings. The molecule has 0 saturated heterocycles. The molecule has 1 heterocycles. The van der Waals surface area contributed by atoms with E-state index in [2.05, 4.69) is 16.0 Å². The third-order valence-electron chi connectivity index (χ3n) is 6.07. The van der Waals surface area contributed by atoms with Gasteiger partial charge in [0, 0.05) is 40.7 Å². The summed E-state index contributed by atoms with van der Waals surface area (Å²) in [5, 5.41) is 9.71. The summed E-state index contributed by atoms with van der Waals surface area (Å²) < 4.78 is 10.8. The van der Waals surface area contributed by atoms with E-state index in [1.807, 2.05) is 81.4 Å². The molecular formula is C28H31N5O3. The quantitative estimate of drug-likeness (QED) is 0.249. The van der Waals surface area contributed by atoms with E-state index in [9.17, 15) is 4.79 Å². The smallest absolute Gasteiger partial charge is 0.230 e. The van der Waals surface area contributed by atoms with Crippen LogP contribution >= 0.6 is 0 Å². The van der Waals surface area contributed by atoms with E-state index in [-0.39, 0.29) is 5.91 Å². The van der Waals surface area contributed by atoms with Crippen LogP contribution < -0.4 is 25.4 Å². The number of amides is 1. The molecular weight excluding hydrogens is 454 g/mol. The fourth-order valence-corrected chi connectivity index (χ4v) is 3.46. The summed E-state index contributed by atoms with van der Waals surface area (Å²) in [6.07, 6.45) is 0.744. The van der Waals surface area contributed by atoms with Gasteiger partial charge in [0.1, 0.15) is 11.5 Å². The number of carbonyl (C=O) groups excluding carboxylic acids is 1. The van der Waals surface area contributed by atoms with E-state index in [0.29, 0.717) is 28.8 Å². The lowest BCUT2D eigenvalue weighted by atomic mass is 9.89. The van der Waals surface area contributed by atoms with E-state index < -0.39 is 5.41 Å². The van der Waals surface area contributed by atoms with Crippen LogP contribution in [0.3, 0.4) is 0 Å². The summed E-state index contributed by atoms with van der Waals surface area (Å²) in [5.74, 6) is 2.34. The van der Waals surface area contributed by atoms with Gasteiger partial charge in [-0.1, -0.05) is 39.0 Å². The van der Waals surface area contributed by atoms with Gasteiger partial charge in [0.2, 0.25) is 5.91 Å². The number of ether oxygens (including phenoxy) is 2. The maximum Gasteiger partial charge on any atom is 0.230 e. The lowest BCUT2D eigenvalue weighted by molar-refractivity contribution is -0.124. The molecule has 0 bridgehead atoms. The van der Waals surface area contributed by atoms with Crippen molar-refractivity contribution in [2.24, 2.45) is 5.41 Å². The highest BCUT2D eigenvalue weighted by Gasteiger charge is 2.25. The van der Waals surface area contributed by atoms with E-state index in [0.717, 1.165) is 28.8 Å². The normalized spacial score (nSPS) is 11.1. The first-order chi connectivity index (χ1) is 17.3. The summed E-state index contributed by atoms with van der Waals surface area (Å²) in [5.41, 5.74) is 3.25. The molecule has 4 aromatic rings. The Bertz CT molecular complexity index is 1360. The van der Waals surface area contributed by atoms with Crippen LogP contribution in [0.1, 0.15) is 27.2 Å². The van der Waals surface area contributed by atoms with Crippen molar-refractivity contribution in [2.75, 3.05) is 30.2 Å². The van der Waals surface area contributed by atoms with Crippen LogP contribution in [0.4, 0.5) is 28.7 Å². The number of para-hydroxylation sites is 2. The molecule has 0 aliphatic rings. The summed E-state index contributed by atoms with van der Waals surface area (Å²) in [4.78, 5) is 22.3. The highest BCUT2D eigenvalue weighted by Crippen LogP contribution is 2.32. The van der Waals surface area contributed by atoms with Gasteiger partial charge in [-0.2, -0.15) is 0 Å². The number of nitrogens with one attached hydrogen (secondary N) is 3. The van der Waals surface area contributed by atoms with Crippen LogP contribution in [0.25, 0.3) is 11.0 Å². The van der Waals surface area contributed by atoms with Crippen molar-refractivity contribution >= 4 is 45.6 Å². The van der Waals surface area contributed by atoms with Crippen molar-refractivity contribution in [1.29, 1.82) is 0 Å². The summed E-state index contributed by atoms with van der Waals surface area (Å²) in [6.45, 7) is 5.86. The summed E-state index contributed by atoms with van der Waals surface area (Å²) in [7, 11) is 3.21. The van der Waals surface area contributed by atoms with Crippen molar-refractivity contribution in [3.05, 3.63) is 66.7 Å². The van der Waals surface area contributed by atoms with Crippen LogP contribution in [0.5, 0.6) is 11.5 Å². The molecule has 1 aromatic heterocycles. The topological polar surface area (TPSA) is 97.4 Å². The lowest BCUT2D eigenvalue weighted by Gasteiger charge is -2.21. The number of anilines is 5. The first-order valence-electron chi connectivity index (χ1n) is 11.8. The highest BCUT2D eigenvalue weighted by molar-refractivity contribution is 5.95. The Hall–Kier alpha value is -4.33. The Balaban J connectivity index is 1.68. The molecule has 1 amide bonds. The molecule has 0 spiro atoms. The number of fused-ring (bicyclic) bond motifs is 1. The highest BCUT2D eigenvalue weighted by atomic mass is 16.5. The average Bonchev–Trinajstić information content (AvgIpc) is 2.88. The molecule has 3 N–H and O–H groups in total. The molecule has 4 rings (SSSR count). The number of carbonyl (C=O) groups is 1. The second-order valence-electron chi connectivity index (χ2n) is 9.03. The molecule has 0 saturated carbocycles. The second-order valence-corrected chi connectivity index (χ2v) is 9.03. The Morgan fingerprint density at radius 2 is 1.33 bits per heavy atom. The number of nitrogens with zero attached hydrogens (tertiary/aromatic N) is 2. The minimum atomic E-state index is -0.456. The zero-order valence-corrected chi connectivity index (χ0v) is 21.2. The van der Waals surface area contributed by atoms with E-state index in [1.165, 1.54) is 0 Å². The number of rotatable bonds is 9. The third kappa shape index (κ3) is 5.66. The molecule has 3 aromatic carbocycles. The minimum Gasteiger partial charge on any atom is -0.497 e. The molecule has 0 atom stereocenters. The molecule has 0 unspecified atom stereocenters. The Labute approximate surface area is 211 Å². The fourth-order valence-electron chi connectivity index (χ4n) is 3.46. The van der Waals surface area contributed by atoms with Gasteiger partial charge in [0.05, 0.1) is 25.3 Å². The first-order valence-corrected chi connectivity index (χ1v) is 11.8. The summed E-state index contributed by atoms with van der Waals surface area (Å²) >= 11 is 0. The van der Waals surface area contributed by atoms with Crippen molar-refractivity contribution in [1.82, 2.24) is 9.97 Å². The molecule has 36 heavy (non-hydrogen) atoms. The number of benzene rings is 3. The molecule has 0 radical (unpaired) electrons. The van der Waals surface area contributed by atoms with Gasteiger partial charge in [-0.25, -0.2) is 9.97 Å². The standard InChI is InChI=1S/C28H31N5O3/c1-6-28(2,3)27(34)31-19-11-9-10-18(14-19)29-25-26(33-24-13-8-7-12-23(24)32-25)30-20-15-21(35-4)17-22(16-20)36-5/h7-17H,6H2,1-5H3,(H,29,32)(H,30,33)(H,31,34). The molecule has 8 nitrogen and oxygen atoms in total. The monoisotopic (exact) mass is 485 g/mol. The second kappa shape index (κ2) is 10.5. The van der Waals surface area contributed by atoms with Crippen LogP contribution in [-0.4, -0.2) is 30.1 Å². The lowest BCUT2D eigenvalue weighted by Crippen LogP contribution is -2.29. The third-order valence-corrected chi connectivity index (χ3v) is 6.07. The van der Waals surface area contributed by atoms with E-state index >= 15 is 0 Å². The van der Waals surface area contributed by atoms with Crippen LogP contribution in [0.2, 0.25) is 0 Å². The summed E-state index contributed by atoms with van der Waals surface area (Å²) in [6, 6.07) is 20.7. The van der Waals surface area contributed by atoms with Gasteiger partial charge in [-0.15, -0.1) is 0 Å².